The number of nitrogens with zero attached hydrogens (tertiary/aromatic N) is 1. The van der Waals surface area contributed by atoms with Gasteiger partial charge < -0.3 is 24.5 Å². The summed E-state index contributed by atoms with van der Waals surface area (Å²) in [4.78, 5) is 5.55. The molecule has 3 rings (SSSR count). The lowest BCUT2D eigenvalue weighted by molar-refractivity contribution is 0.0753. The molecule has 2 heterocycles. The van der Waals surface area contributed by atoms with E-state index in [4.69, 9.17) is 9.47 Å². The summed E-state index contributed by atoms with van der Waals surface area (Å²) in [7, 11) is 3.25. The number of aryl methyl sites for hydroxylation is 1. The summed E-state index contributed by atoms with van der Waals surface area (Å²) in [5.74, 6) is 1.30. The largest absolute Gasteiger partial charge is 0.496 e. The number of benzene rings is 1. The molecule has 154 valence electrons. The van der Waals surface area contributed by atoms with Crippen molar-refractivity contribution in [2.75, 3.05) is 20.8 Å². The molecule has 0 radical (unpaired) electrons. The standard InChI is InChI=1S/C24H30N2O3/c1-8-9-10-26-14-19(18-11-15(2)25-23(18)16(26)3)17-12-22(29-7)20(24(4,5)27)13-21(17)28-6/h8-9,11-14,25,27H,3,10H2,1-2,4-7H3/b9-8+. The van der Waals surface area contributed by atoms with Crippen LogP contribution in [0.25, 0.3) is 11.3 Å². The molecule has 0 amide bonds. The van der Waals surface area contributed by atoms with Crippen molar-refractivity contribution >= 4 is 11.3 Å². The topological polar surface area (TPSA) is 57.7 Å². The van der Waals surface area contributed by atoms with E-state index in [0.29, 0.717) is 17.1 Å². The Morgan fingerprint density at radius 1 is 1.14 bits per heavy atom. The van der Waals surface area contributed by atoms with Crippen LogP contribution in [0.15, 0.2) is 43.1 Å². The lowest BCUT2D eigenvalue weighted by Crippen LogP contribution is -2.21. The Bertz CT molecular complexity index is 990. The third kappa shape index (κ3) is 3.83. The average Bonchev–Trinajstić information content (AvgIpc) is 3.07. The number of ether oxygens (including phenoxy) is 2. The number of methoxy groups -OCH3 is 2. The zero-order chi connectivity index (χ0) is 21.3. The third-order valence-electron chi connectivity index (χ3n) is 5.17. The van der Waals surface area contributed by atoms with Crippen LogP contribution < -0.4 is 9.47 Å². The molecule has 1 aliphatic rings. The van der Waals surface area contributed by atoms with Crippen molar-refractivity contribution in [2.45, 2.75) is 33.3 Å². The monoisotopic (exact) mass is 394 g/mol. The fraction of sp³-hybridized carbons (Fsp3) is 0.333. The van der Waals surface area contributed by atoms with Crippen molar-refractivity contribution in [3.05, 3.63) is 71.2 Å². The molecular weight excluding hydrogens is 364 g/mol. The summed E-state index contributed by atoms with van der Waals surface area (Å²) in [5.41, 5.74) is 5.59. The van der Waals surface area contributed by atoms with Crippen LogP contribution in [-0.4, -0.2) is 35.8 Å². The maximum Gasteiger partial charge on any atom is 0.127 e. The van der Waals surface area contributed by atoms with Crippen LogP contribution in [0.4, 0.5) is 0 Å². The molecule has 1 aromatic carbocycles. The van der Waals surface area contributed by atoms with Gasteiger partial charge in [-0.3, -0.25) is 0 Å². The molecule has 0 bridgehead atoms. The maximum atomic E-state index is 10.6. The number of hydrogen-bond donors (Lipinski definition) is 2. The Morgan fingerprint density at radius 3 is 2.41 bits per heavy atom. The van der Waals surface area contributed by atoms with Gasteiger partial charge in [0.2, 0.25) is 0 Å². The van der Waals surface area contributed by atoms with E-state index in [2.05, 4.69) is 34.8 Å². The smallest absolute Gasteiger partial charge is 0.127 e. The van der Waals surface area contributed by atoms with Crippen LogP contribution >= 0.6 is 0 Å². The Morgan fingerprint density at radius 2 is 1.83 bits per heavy atom. The Hall–Kier alpha value is -2.92. The van der Waals surface area contributed by atoms with Gasteiger partial charge in [0.05, 0.1) is 31.2 Å². The van der Waals surface area contributed by atoms with Gasteiger partial charge in [-0.2, -0.15) is 0 Å². The van der Waals surface area contributed by atoms with Crippen molar-refractivity contribution in [3.63, 3.8) is 0 Å². The van der Waals surface area contributed by atoms with E-state index >= 15 is 0 Å². The number of fused-ring (bicyclic) bond motifs is 1. The van der Waals surface area contributed by atoms with Crippen LogP contribution in [-0.2, 0) is 5.60 Å². The van der Waals surface area contributed by atoms with Gasteiger partial charge >= 0.3 is 0 Å². The van der Waals surface area contributed by atoms with E-state index in [1.165, 1.54) is 0 Å². The maximum absolute atomic E-state index is 10.6. The fourth-order valence-corrected chi connectivity index (χ4v) is 3.66. The Kier molecular flexibility index (Phi) is 5.62. The van der Waals surface area contributed by atoms with Crippen LogP contribution in [0.3, 0.4) is 0 Å². The molecule has 0 fully saturated rings. The highest BCUT2D eigenvalue weighted by atomic mass is 16.5. The van der Waals surface area contributed by atoms with E-state index in [-0.39, 0.29) is 0 Å². The third-order valence-corrected chi connectivity index (χ3v) is 5.17. The number of aromatic amines is 1. The number of rotatable bonds is 6. The van der Waals surface area contributed by atoms with Crippen LogP contribution in [0, 0.1) is 6.92 Å². The minimum Gasteiger partial charge on any atom is -0.496 e. The molecule has 5 nitrogen and oxygen atoms in total. The van der Waals surface area contributed by atoms with Gasteiger partial charge in [-0.1, -0.05) is 18.7 Å². The quantitative estimate of drug-likeness (QED) is 0.690. The Balaban J connectivity index is 2.25. The van der Waals surface area contributed by atoms with Crippen LogP contribution in [0.1, 0.15) is 48.8 Å². The summed E-state index contributed by atoms with van der Waals surface area (Å²) in [5, 5.41) is 10.6. The SMILES string of the molecule is C=C1c2[nH]c(C)cc2C(c2cc(OC)c(C(C)(C)O)cc2OC)=CN1C/C=C/C. The lowest BCUT2D eigenvalue weighted by atomic mass is 9.90. The van der Waals surface area contributed by atoms with Crippen molar-refractivity contribution in [2.24, 2.45) is 0 Å². The molecule has 1 aromatic heterocycles. The van der Waals surface area contributed by atoms with Crippen LogP contribution in [0.5, 0.6) is 11.5 Å². The molecule has 0 spiro atoms. The Labute approximate surface area is 173 Å². The molecule has 29 heavy (non-hydrogen) atoms. The predicted octanol–water partition coefficient (Wildman–Crippen LogP) is 4.82. The summed E-state index contributed by atoms with van der Waals surface area (Å²) in [6, 6.07) is 5.91. The number of H-pyrrole nitrogens is 1. The lowest BCUT2D eigenvalue weighted by Gasteiger charge is -2.29. The molecular formula is C24H30N2O3. The van der Waals surface area contributed by atoms with E-state index in [0.717, 1.165) is 40.3 Å². The number of aliphatic hydroxyl groups is 1. The predicted molar refractivity (Wildman–Crippen MR) is 118 cm³/mol. The highest BCUT2D eigenvalue weighted by molar-refractivity contribution is 5.91. The molecule has 2 N–H and O–H groups in total. The van der Waals surface area contributed by atoms with E-state index in [1.807, 2.05) is 32.1 Å². The molecule has 0 atom stereocenters. The highest BCUT2D eigenvalue weighted by Gasteiger charge is 2.28. The second-order valence-corrected chi connectivity index (χ2v) is 7.76. The molecule has 0 unspecified atom stereocenters. The zero-order valence-corrected chi connectivity index (χ0v) is 18.1. The summed E-state index contributed by atoms with van der Waals surface area (Å²) in [6.45, 7) is 12.5. The van der Waals surface area contributed by atoms with E-state index < -0.39 is 5.60 Å². The van der Waals surface area contributed by atoms with Gasteiger partial charge in [-0.15, -0.1) is 0 Å². The van der Waals surface area contributed by atoms with Gasteiger partial charge in [0.1, 0.15) is 11.5 Å². The molecule has 0 saturated heterocycles. The first-order valence-corrected chi connectivity index (χ1v) is 9.69. The van der Waals surface area contributed by atoms with Gasteiger partial charge in [0.15, 0.2) is 0 Å². The number of aromatic nitrogens is 1. The molecule has 2 aromatic rings. The summed E-state index contributed by atoms with van der Waals surface area (Å²) >= 11 is 0. The van der Waals surface area contributed by atoms with Gasteiger partial charge in [0.25, 0.3) is 0 Å². The summed E-state index contributed by atoms with van der Waals surface area (Å²) in [6.07, 6.45) is 6.21. The first kappa shape index (κ1) is 20.8. The van der Waals surface area contributed by atoms with Crippen molar-refractivity contribution < 1.29 is 14.6 Å². The van der Waals surface area contributed by atoms with Crippen molar-refractivity contribution in [3.8, 4) is 11.5 Å². The molecule has 0 aliphatic carbocycles. The summed E-state index contributed by atoms with van der Waals surface area (Å²) < 4.78 is 11.3. The highest BCUT2D eigenvalue weighted by Crippen LogP contribution is 2.44. The van der Waals surface area contributed by atoms with Crippen molar-refractivity contribution in [1.29, 1.82) is 0 Å². The minimum absolute atomic E-state index is 0.618. The molecule has 5 heteroatoms. The first-order chi connectivity index (χ1) is 13.7. The number of nitrogens with one attached hydrogen (secondary N) is 1. The molecule has 1 aliphatic heterocycles. The van der Waals surface area contributed by atoms with E-state index in [9.17, 15) is 5.11 Å². The average molecular weight is 395 g/mol. The zero-order valence-electron chi connectivity index (χ0n) is 18.1. The van der Waals surface area contributed by atoms with E-state index in [1.54, 1.807) is 28.1 Å². The van der Waals surface area contributed by atoms with Gasteiger partial charge in [0, 0.05) is 40.7 Å². The molecule has 0 saturated carbocycles. The number of hydrogen-bond acceptors (Lipinski definition) is 4. The fourth-order valence-electron chi connectivity index (χ4n) is 3.66. The number of allylic oxidation sites excluding steroid dienone is 1. The second-order valence-electron chi connectivity index (χ2n) is 7.76. The van der Waals surface area contributed by atoms with Gasteiger partial charge in [-0.05, 0) is 45.9 Å². The normalized spacial score (nSPS) is 14.2. The van der Waals surface area contributed by atoms with Gasteiger partial charge in [-0.25, -0.2) is 0 Å². The van der Waals surface area contributed by atoms with Crippen LogP contribution in [0.2, 0.25) is 0 Å². The first-order valence-electron chi connectivity index (χ1n) is 9.69. The second kappa shape index (κ2) is 7.84. The minimum atomic E-state index is -1.06. The van der Waals surface area contributed by atoms with Crippen molar-refractivity contribution in [1.82, 2.24) is 9.88 Å².